The number of para-hydroxylation sites is 1. The molecule has 5 nitrogen and oxygen atoms in total. The molecule has 0 saturated carbocycles. The minimum Gasteiger partial charge on any atom is -0.509 e. The Hall–Kier alpha value is -3.10. The number of nitrogens with one attached hydrogen (secondary N) is 1. The van der Waals surface area contributed by atoms with E-state index >= 15 is 0 Å². The van der Waals surface area contributed by atoms with Crippen LogP contribution in [-0.4, -0.2) is 15.1 Å². The van der Waals surface area contributed by atoms with Gasteiger partial charge in [-0.05, 0) is 17.7 Å². The third-order valence-corrected chi connectivity index (χ3v) is 4.01. The summed E-state index contributed by atoms with van der Waals surface area (Å²) >= 11 is 6.26. The molecule has 0 aliphatic rings. The molecule has 6 heteroatoms. The van der Waals surface area contributed by atoms with Crippen molar-refractivity contribution in [3.63, 3.8) is 0 Å². The number of nitrogens with zero attached hydrogens (tertiary/aromatic N) is 2. The van der Waals surface area contributed by atoms with Crippen LogP contribution in [0.4, 0.5) is 0 Å². The van der Waals surface area contributed by atoms with Crippen LogP contribution in [0.3, 0.4) is 0 Å². The predicted octanol–water partition coefficient (Wildman–Crippen LogP) is 3.70. The molecule has 0 saturated heterocycles. The molecule has 2 aromatic carbocycles. The Kier molecular flexibility index (Phi) is 4.32. The maximum absolute atomic E-state index is 12.1. The number of hydrogen-bond donors (Lipinski definition) is 2. The van der Waals surface area contributed by atoms with E-state index in [1.807, 2.05) is 12.1 Å². The molecule has 0 spiro atoms. The second kappa shape index (κ2) is 6.57. The SMILES string of the molecule is N#C/C(=C(/O)[C@H](Cl)c1ccccc1)c1nc2ccccc2c(=O)[nH]1. The highest BCUT2D eigenvalue weighted by molar-refractivity contribution is 6.23. The maximum atomic E-state index is 12.1. The van der Waals surface area contributed by atoms with Gasteiger partial charge in [-0.2, -0.15) is 5.26 Å². The molecule has 0 amide bonds. The van der Waals surface area contributed by atoms with E-state index in [0.29, 0.717) is 16.5 Å². The standard InChI is InChI=1S/C18H12ClN3O2/c19-15(11-6-2-1-3-7-11)16(23)13(10-20)17-21-14-9-5-4-8-12(14)18(24)22-17/h1-9,15,23H,(H,21,22,24)/b16-13-/t15-/m1/s1. The van der Waals surface area contributed by atoms with E-state index in [-0.39, 0.29) is 22.7 Å². The van der Waals surface area contributed by atoms with Gasteiger partial charge in [-0.25, -0.2) is 4.98 Å². The molecular weight excluding hydrogens is 326 g/mol. The molecule has 0 unspecified atom stereocenters. The van der Waals surface area contributed by atoms with Crippen LogP contribution in [0.15, 0.2) is 65.2 Å². The largest absolute Gasteiger partial charge is 0.509 e. The van der Waals surface area contributed by atoms with Crippen LogP contribution in [-0.2, 0) is 0 Å². The Morgan fingerprint density at radius 1 is 1.17 bits per heavy atom. The van der Waals surface area contributed by atoms with Gasteiger partial charge in [0.05, 0.1) is 10.9 Å². The minimum absolute atomic E-state index is 0.0136. The molecule has 1 aromatic heterocycles. The fraction of sp³-hybridized carbons (Fsp3) is 0.0556. The van der Waals surface area contributed by atoms with Crippen molar-refractivity contribution >= 4 is 28.1 Å². The molecule has 0 fully saturated rings. The van der Waals surface area contributed by atoms with Gasteiger partial charge in [0.15, 0.2) is 5.82 Å². The number of aromatic nitrogens is 2. The highest BCUT2D eigenvalue weighted by Gasteiger charge is 2.20. The highest BCUT2D eigenvalue weighted by Crippen LogP contribution is 2.31. The van der Waals surface area contributed by atoms with Crippen LogP contribution in [0.1, 0.15) is 16.8 Å². The number of hydrogen-bond acceptors (Lipinski definition) is 4. The van der Waals surface area contributed by atoms with Crippen LogP contribution < -0.4 is 5.56 Å². The topological polar surface area (TPSA) is 89.8 Å². The molecular formula is C18H12ClN3O2. The highest BCUT2D eigenvalue weighted by atomic mass is 35.5. The van der Waals surface area contributed by atoms with Crippen molar-refractivity contribution in [2.24, 2.45) is 0 Å². The molecule has 0 aliphatic heterocycles. The number of allylic oxidation sites excluding steroid dienone is 2. The zero-order valence-electron chi connectivity index (χ0n) is 12.4. The van der Waals surface area contributed by atoms with Gasteiger partial charge in [-0.15, -0.1) is 11.6 Å². The Balaban J connectivity index is 2.15. The minimum atomic E-state index is -0.919. The summed E-state index contributed by atoms with van der Waals surface area (Å²) in [4.78, 5) is 18.9. The molecule has 2 N–H and O–H groups in total. The summed E-state index contributed by atoms with van der Waals surface area (Å²) in [5.41, 5.74) is 0.513. The summed E-state index contributed by atoms with van der Waals surface area (Å²) in [6.07, 6.45) is 0. The van der Waals surface area contributed by atoms with E-state index in [4.69, 9.17) is 11.6 Å². The average molecular weight is 338 g/mol. The molecule has 1 heterocycles. The van der Waals surface area contributed by atoms with Crippen LogP contribution >= 0.6 is 11.6 Å². The second-order valence-corrected chi connectivity index (χ2v) is 5.51. The van der Waals surface area contributed by atoms with Crippen LogP contribution in [0.5, 0.6) is 0 Å². The van der Waals surface area contributed by atoms with Crippen molar-refractivity contribution in [2.75, 3.05) is 0 Å². The average Bonchev–Trinajstić information content (AvgIpc) is 2.62. The first-order valence-corrected chi connectivity index (χ1v) is 7.57. The zero-order chi connectivity index (χ0) is 17.1. The van der Waals surface area contributed by atoms with Gasteiger partial charge < -0.3 is 10.1 Å². The van der Waals surface area contributed by atoms with E-state index in [0.717, 1.165) is 0 Å². The summed E-state index contributed by atoms with van der Waals surface area (Å²) in [6.45, 7) is 0. The van der Waals surface area contributed by atoms with E-state index in [2.05, 4.69) is 9.97 Å². The van der Waals surface area contributed by atoms with E-state index in [9.17, 15) is 15.2 Å². The van der Waals surface area contributed by atoms with Crippen molar-refractivity contribution < 1.29 is 5.11 Å². The third kappa shape index (κ3) is 2.87. The quantitative estimate of drug-likeness (QED) is 0.433. The number of benzene rings is 2. The Bertz CT molecular complexity index is 1020. The lowest BCUT2D eigenvalue weighted by Crippen LogP contribution is -2.12. The molecule has 0 bridgehead atoms. The summed E-state index contributed by atoms with van der Waals surface area (Å²) < 4.78 is 0. The number of aromatic amines is 1. The van der Waals surface area contributed by atoms with Crippen LogP contribution in [0, 0.1) is 11.3 Å². The number of nitriles is 1. The molecule has 118 valence electrons. The van der Waals surface area contributed by atoms with Crippen molar-refractivity contribution in [1.29, 1.82) is 5.26 Å². The Morgan fingerprint density at radius 3 is 2.54 bits per heavy atom. The number of aliphatic hydroxyl groups excluding tert-OH is 1. The van der Waals surface area contributed by atoms with Gasteiger partial charge in [0.25, 0.3) is 5.56 Å². The van der Waals surface area contributed by atoms with Crippen molar-refractivity contribution in [2.45, 2.75) is 5.38 Å². The van der Waals surface area contributed by atoms with Crippen molar-refractivity contribution in [3.05, 3.63) is 82.1 Å². The maximum Gasteiger partial charge on any atom is 0.259 e. The third-order valence-electron chi connectivity index (χ3n) is 3.55. The Morgan fingerprint density at radius 2 is 1.83 bits per heavy atom. The lowest BCUT2D eigenvalue weighted by atomic mass is 10.1. The fourth-order valence-electron chi connectivity index (χ4n) is 2.34. The summed E-state index contributed by atoms with van der Waals surface area (Å²) in [5.74, 6) is -0.371. The number of fused-ring (bicyclic) bond motifs is 1. The van der Waals surface area contributed by atoms with E-state index in [1.54, 1.807) is 48.5 Å². The van der Waals surface area contributed by atoms with Gasteiger partial charge in [0.2, 0.25) is 0 Å². The number of rotatable bonds is 3. The molecule has 0 aliphatic carbocycles. The first-order chi connectivity index (χ1) is 11.6. The molecule has 24 heavy (non-hydrogen) atoms. The lowest BCUT2D eigenvalue weighted by Gasteiger charge is -2.11. The normalized spacial score (nSPS) is 13.2. The summed E-state index contributed by atoms with van der Waals surface area (Å²) in [7, 11) is 0. The number of aliphatic hydroxyl groups is 1. The number of H-pyrrole nitrogens is 1. The zero-order valence-corrected chi connectivity index (χ0v) is 13.2. The smallest absolute Gasteiger partial charge is 0.259 e. The Labute approximate surface area is 142 Å². The molecule has 1 atom stereocenters. The molecule has 0 radical (unpaired) electrons. The summed E-state index contributed by atoms with van der Waals surface area (Å²) in [5, 5.41) is 19.3. The monoisotopic (exact) mass is 337 g/mol. The van der Waals surface area contributed by atoms with E-state index < -0.39 is 5.38 Å². The van der Waals surface area contributed by atoms with Gasteiger partial charge in [0, 0.05) is 0 Å². The van der Waals surface area contributed by atoms with Crippen LogP contribution in [0.25, 0.3) is 16.5 Å². The fourth-order valence-corrected chi connectivity index (χ4v) is 2.60. The first-order valence-electron chi connectivity index (χ1n) is 7.13. The van der Waals surface area contributed by atoms with Gasteiger partial charge in [0.1, 0.15) is 22.8 Å². The van der Waals surface area contributed by atoms with E-state index in [1.165, 1.54) is 0 Å². The van der Waals surface area contributed by atoms with Gasteiger partial charge in [-0.1, -0.05) is 42.5 Å². The van der Waals surface area contributed by atoms with Crippen molar-refractivity contribution in [1.82, 2.24) is 9.97 Å². The molecule has 3 rings (SSSR count). The number of halogens is 1. The van der Waals surface area contributed by atoms with Crippen molar-refractivity contribution in [3.8, 4) is 6.07 Å². The molecule has 3 aromatic rings. The van der Waals surface area contributed by atoms with Crippen LogP contribution in [0.2, 0.25) is 0 Å². The predicted molar refractivity (Wildman–Crippen MR) is 92.6 cm³/mol. The lowest BCUT2D eigenvalue weighted by molar-refractivity contribution is 0.397. The van der Waals surface area contributed by atoms with Gasteiger partial charge >= 0.3 is 0 Å². The second-order valence-electron chi connectivity index (χ2n) is 5.08. The summed E-state index contributed by atoms with van der Waals surface area (Å²) in [6, 6.07) is 17.5. The first kappa shape index (κ1) is 15.8. The number of alkyl halides is 1. The van der Waals surface area contributed by atoms with Gasteiger partial charge in [-0.3, -0.25) is 4.79 Å².